The zero-order valence-corrected chi connectivity index (χ0v) is 13.6. The van der Waals surface area contributed by atoms with Gasteiger partial charge in [-0.3, -0.25) is 0 Å². The fourth-order valence-electron chi connectivity index (χ4n) is 2.88. The number of aliphatic hydroxyl groups excluding tert-OH is 1. The Morgan fingerprint density at radius 3 is 1.85 bits per heavy atom. The largest absolute Gasteiger partial charge is 0.396 e. The van der Waals surface area contributed by atoms with Crippen LogP contribution in [0.2, 0.25) is 0 Å². The molecule has 0 amide bonds. The van der Waals surface area contributed by atoms with Gasteiger partial charge in [0.1, 0.15) is 5.69 Å². The predicted molar refractivity (Wildman–Crippen MR) is 89.0 cm³/mol. The molecule has 26 heavy (non-hydrogen) atoms. The first-order chi connectivity index (χ1) is 12.6. The molecule has 0 fully saturated rings. The molecule has 0 aliphatic heterocycles. The monoisotopic (exact) mass is 367 g/mol. The molecule has 0 aliphatic carbocycles. The molecule has 138 valence electrons. The first-order valence-electron chi connectivity index (χ1n) is 8.03. The van der Waals surface area contributed by atoms with Crippen LogP contribution in [0.3, 0.4) is 0 Å². The molecular formula is C18H17F4N3O. The Hall–Kier alpha value is -2.74. The minimum atomic E-state index is -1.50. The van der Waals surface area contributed by atoms with Gasteiger partial charge in [0.05, 0.1) is 5.92 Å². The van der Waals surface area contributed by atoms with Crippen molar-refractivity contribution in [3.8, 4) is 0 Å². The maximum absolute atomic E-state index is 14.7. The van der Waals surface area contributed by atoms with Gasteiger partial charge in [-0.25, -0.2) is 17.6 Å². The summed E-state index contributed by atoms with van der Waals surface area (Å²) in [5.74, 6) is -7.01. The third-order valence-electron chi connectivity index (χ3n) is 4.09. The van der Waals surface area contributed by atoms with Gasteiger partial charge in [-0.1, -0.05) is 0 Å². The van der Waals surface area contributed by atoms with Crippen molar-refractivity contribution in [1.29, 1.82) is 0 Å². The van der Waals surface area contributed by atoms with E-state index in [1.807, 2.05) is 0 Å². The molecule has 8 heteroatoms. The highest BCUT2D eigenvalue weighted by Crippen LogP contribution is 2.38. The van der Waals surface area contributed by atoms with E-state index in [1.165, 1.54) is 0 Å². The minimum absolute atomic E-state index is 0.0285. The van der Waals surface area contributed by atoms with Crippen LogP contribution in [0, 0.1) is 23.3 Å². The summed E-state index contributed by atoms with van der Waals surface area (Å²) in [7, 11) is 0. The average Bonchev–Trinajstić information content (AvgIpc) is 3.34. The Labute approximate surface area is 146 Å². The van der Waals surface area contributed by atoms with Crippen molar-refractivity contribution in [2.45, 2.75) is 12.3 Å². The van der Waals surface area contributed by atoms with Crippen molar-refractivity contribution in [2.75, 3.05) is 18.5 Å². The quantitative estimate of drug-likeness (QED) is 0.291. The lowest BCUT2D eigenvalue weighted by atomic mass is 9.91. The number of rotatable bonds is 7. The lowest BCUT2D eigenvalue weighted by Gasteiger charge is -2.20. The van der Waals surface area contributed by atoms with Gasteiger partial charge in [0, 0.05) is 42.5 Å². The third-order valence-corrected chi connectivity index (χ3v) is 4.09. The standard InChI is InChI=1S/C18H17F4N3O/c19-14-13(12(10-4-1-6-23-10)11-5-2-7-24-11)15(20)17(22)18(16(14)21)25-8-3-9-26/h1-2,4-7,12,23-26H,3,8-9H2. The van der Waals surface area contributed by atoms with Crippen molar-refractivity contribution >= 4 is 5.69 Å². The fourth-order valence-corrected chi connectivity index (χ4v) is 2.88. The van der Waals surface area contributed by atoms with Crippen LogP contribution in [-0.2, 0) is 0 Å². The van der Waals surface area contributed by atoms with Gasteiger partial charge in [0.25, 0.3) is 0 Å². The Morgan fingerprint density at radius 2 is 1.42 bits per heavy atom. The van der Waals surface area contributed by atoms with E-state index in [1.54, 1.807) is 36.7 Å². The molecule has 0 unspecified atom stereocenters. The highest BCUT2D eigenvalue weighted by Gasteiger charge is 2.32. The molecule has 0 bridgehead atoms. The SMILES string of the molecule is OCCCNc1c(F)c(F)c(C(c2ccc[nH]2)c2ccc[nH]2)c(F)c1F. The second-order valence-electron chi connectivity index (χ2n) is 5.73. The highest BCUT2D eigenvalue weighted by atomic mass is 19.2. The Morgan fingerprint density at radius 1 is 0.885 bits per heavy atom. The van der Waals surface area contributed by atoms with E-state index in [-0.39, 0.29) is 19.6 Å². The van der Waals surface area contributed by atoms with Crippen molar-refractivity contribution < 1.29 is 22.7 Å². The number of benzene rings is 1. The minimum Gasteiger partial charge on any atom is -0.396 e. The Balaban J connectivity index is 2.14. The van der Waals surface area contributed by atoms with Crippen LogP contribution < -0.4 is 5.32 Å². The lowest BCUT2D eigenvalue weighted by molar-refractivity contribution is 0.292. The molecule has 4 N–H and O–H groups in total. The first kappa shape index (κ1) is 18.1. The average molecular weight is 367 g/mol. The van der Waals surface area contributed by atoms with Crippen molar-refractivity contribution in [1.82, 2.24) is 9.97 Å². The molecule has 0 spiro atoms. The molecule has 0 radical (unpaired) electrons. The number of aromatic nitrogens is 2. The summed E-state index contributed by atoms with van der Waals surface area (Å²) >= 11 is 0. The normalized spacial score (nSPS) is 11.3. The summed E-state index contributed by atoms with van der Waals surface area (Å²) in [6.45, 7) is -0.250. The smallest absolute Gasteiger partial charge is 0.185 e. The molecular weight excluding hydrogens is 350 g/mol. The van der Waals surface area contributed by atoms with Gasteiger partial charge in [0.15, 0.2) is 23.3 Å². The zero-order chi connectivity index (χ0) is 18.7. The van der Waals surface area contributed by atoms with Crippen LogP contribution >= 0.6 is 0 Å². The van der Waals surface area contributed by atoms with Gasteiger partial charge in [0.2, 0.25) is 0 Å². The van der Waals surface area contributed by atoms with Crippen LogP contribution in [0.4, 0.5) is 23.2 Å². The van der Waals surface area contributed by atoms with Gasteiger partial charge < -0.3 is 20.4 Å². The summed E-state index contributed by atoms with van der Waals surface area (Å²) in [6.07, 6.45) is 3.29. The second kappa shape index (κ2) is 7.65. The number of aliphatic hydroxyl groups is 1. The summed E-state index contributed by atoms with van der Waals surface area (Å²) in [6, 6.07) is 6.40. The van der Waals surface area contributed by atoms with Crippen LogP contribution in [0.15, 0.2) is 36.7 Å². The van der Waals surface area contributed by atoms with E-state index in [4.69, 9.17) is 5.11 Å². The molecule has 1 aromatic carbocycles. The van der Waals surface area contributed by atoms with E-state index >= 15 is 0 Å². The maximum Gasteiger partial charge on any atom is 0.185 e. The van der Waals surface area contributed by atoms with Gasteiger partial charge >= 0.3 is 0 Å². The van der Waals surface area contributed by atoms with Crippen LogP contribution in [0.1, 0.15) is 29.3 Å². The van der Waals surface area contributed by atoms with Gasteiger partial charge in [-0.15, -0.1) is 0 Å². The number of hydrogen-bond acceptors (Lipinski definition) is 2. The molecule has 3 rings (SSSR count). The van der Waals surface area contributed by atoms with Gasteiger partial charge in [-0.2, -0.15) is 0 Å². The number of halogens is 4. The maximum atomic E-state index is 14.7. The summed E-state index contributed by atoms with van der Waals surface area (Å²) in [5, 5.41) is 11.0. The summed E-state index contributed by atoms with van der Waals surface area (Å²) < 4.78 is 58.4. The molecule has 3 aromatic rings. The zero-order valence-electron chi connectivity index (χ0n) is 13.6. The lowest BCUT2D eigenvalue weighted by Crippen LogP contribution is -2.16. The van der Waals surface area contributed by atoms with E-state index in [2.05, 4.69) is 15.3 Å². The topological polar surface area (TPSA) is 63.8 Å². The summed E-state index contributed by atoms with van der Waals surface area (Å²) in [5.41, 5.74) is -0.846. The molecule has 0 saturated carbocycles. The van der Waals surface area contributed by atoms with E-state index in [0.29, 0.717) is 11.4 Å². The molecule has 0 saturated heterocycles. The number of H-pyrrole nitrogens is 2. The van der Waals surface area contributed by atoms with Crippen LogP contribution in [-0.4, -0.2) is 28.2 Å². The molecule has 2 aromatic heterocycles. The Bertz CT molecular complexity index is 800. The van der Waals surface area contributed by atoms with E-state index in [0.717, 1.165) is 0 Å². The predicted octanol–water partition coefficient (Wildman–Crippen LogP) is 3.87. The number of anilines is 1. The molecule has 0 atom stereocenters. The van der Waals surface area contributed by atoms with E-state index < -0.39 is 40.4 Å². The highest BCUT2D eigenvalue weighted by molar-refractivity contribution is 5.52. The van der Waals surface area contributed by atoms with Crippen molar-refractivity contribution in [3.05, 3.63) is 76.9 Å². The first-order valence-corrected chi connectivity index (χ1v) is 8.03. The summed E-state index contributed by atoms with van der Waals surface area (Å²) in [4.78, 5) is 5.66. The third kappa shape index (κ3) is 3.20. The van der Waals surface area contributed by atoms with Crippen molar-refractivity contribution in [3.63, 3.8) is 0 Å². The molecule has 4 nitrogen and oxygen atoms in total. The Kier molecular flexibility index (Phi) is 5.32. The molecule has 2 heterocycles. The van der Waals surface area contributed by atoms with Crippen LogP contribution in [0.5, 0.6) is 0 Å². The number of hydrogen-bond donors (Lipinski definition) is 4. The van der Waals surface area contributed by atoms with Gasteiger partial charge in [-0.05, 0) is 30.7 Å². The number of nitrogens with one attached hydrogen (secondary N) is 3. The molecule has 0 aliphatic rings. The van der Waals surface area contributed by atoms with Crippen molar-refractivity contribution in [2.24, 2.45) is 0 Å². The second-order valence-corrected chi connectivity index (χ2v) is 5.73. The fraction of sp³-hybridized carbons (Fsp3) is 0.222. The van der Waals surface area contributed by atoms with E-state index in [9.17, 15) is 17.6 Å². The number of aromatic amines is 2. The van der Waals surface area contributed by atoms with Crippen LogP contribution in [0.25, 0.3) is 0 Å².